The predicted octanol–water partition coefficient (Wildman–Crippen LogP) is 4.43. The maximum Gasteiger partial charge on any atom is 0.132 e. The molecule has 20 heavy (non-hydrogen) atoms. The number of para-hydroxylation sites is 1. The molecule has 0 bridgehead atoms. The molecule has 1 N–H and O–H groups in total. The zero-order chi connectivity index (χ0) is 14.7. The standard InChI is InChI=1S/C17H20FNO/c1-4-19(17-8-6-5-7-12(17)2)13(3)15-10-9-14(20)11-16(15)18/h5-11,13,20H,4H2,1-3H3. The van der Waals surface area contributed by atoms with E-state index in [4.69, 9.17) is 0 Å². The second-order valence-electron chi connectivity index (χ2n) is 4.95. The Hall–Kier alpha value is -2.03. The molecular weight excluding hydrogens is 253 g/mol. The predicted molar refractivity (Wildman–Crippen MR) is 80.7 cm³/mol. The van der Waals surface area contributed by atoms with Gasteiger partial charge in [0.15, 0.2) is 0 Å². The molecule has 106 valence electrons. The van der Waals surface area contributed by atoms with Gasteiger partial charge in [-0.3, -0.25) is 0 Å². The first-order valence-electron chi connectivity index (χ1n) is 6.85. The van der Waals surface area contributed by atoms with Gasteiger partial charge in [-0.15, -0.1) is 0 Å². The summed E-state index contributed by atoms with van der Waals surface area (Å²) in [5, 5.41) is 9.32. The monoisotopic (exact) mass is 273 g/mol. The van der Waals surface area contributed by atoms with Crippen LogP contribution in [-0.4, -0.2) is 11.7 Å². The molecule has 2 aromatic carbocycles. The van der Waals surface area contributed by atoms with Gasteiger partial charge in [-0.25, -0.2) is 4.39 Å². The van der Waals surface area contributed by atoms with Gasteiger partial charge in [0.2, 0.25) is 0 Å². The second kappa shape index (κ2) is 5.95. The Bertz CT molecular complexity index is 597. The lowest BCUT2D eigenvalue weighted by molar-refractivity contribution is 0.466. The number of aromatic hydroxyl groups is 1. The Labute approximate surface area is 119 Å². The van der Waals surface area contributed by atoms with Crippen molar-refractivity contribution < 1.29 is 9.50 Å². The molecule has 1 atom stereocenters. The fourth-order valence-electron chi connectivity index (χ4n) is 2.56. The highest BCUT2D eigenvalue weighted by Crippen LogP contribution is 2.31. The maximum atomic E-state index is 14.0. The fraction of sp³-hybridized carbons (Fsp3) is 0.294. The third-order valence-electron chi connectivity index (χ3n) is 3.67. The summed E-state index contributed by atoms with van der Waals surface area (Å²) in [7, 11) is 0. The molecular formula is C17H20FNO. The summed E-state index contributed by atoms with van der Waals surface area (Å²) in [4.78, 5) is 2.16. The molecule has 0 saturated carbocycles. The van der Waals surface area contributed by atoms with E-state index in [1.807, 2.05) is 25.1 Å². The van der Waals surface area contributed by atoms with Crippen molar-refractivity contribution in [3.63, 3.8) is 0 Å². The lowest BCUT2D eigenvalue weighted by atomic mass is 10.0. The quantitative estimate of drug-likeness (QED) is 0.891. The van der Waals surface area contributed by atoms with E-state index in [1.54, 1.807) is 6.07 Å². The largest absolute Gasteiger partial charge is 0.508 e. The molecule has 1 unspecified atom stereocenters. The zero-order valence-corrected chi connectivity index (χ0v) is 12.1. The number of phenolic OH excluding ortho intramolecular Hbond substituents is 1. The number of halogens is 1. The molecule has 0 aliphatic carbocycles. The fourth-order valence-corrected chi connectivity index (χ4v) is 2.56. The average molecular weight is 273 g/mol. The van der Waals surface area contributed by atoms with Crippen LogP contribution in [0.3, 0.4) is 0 Å². The zero-order valence-electron chi connectivity index (χ0n) is 12.1. The van der Waals surface area contributed by atoms with Gasteiger partial charge in [0.25, 0.3) is 0 Å². The van der Waals surface area contributed by atoms with Gasteiger partial charge in [0, 0.05) is 23.9 Å². The average Bonchev–Trinajstić information content (AvgIpc) is 2.41. The third-order valence-corrected chi connectivity index (χ3v) is 3.67. The Morgan fingerprint density at radius 1 is 1.20 bits per heavy atom. The molecule has 0 amide bonds. The van der Waals surface area contributed by atoms with E-state index in [0.717, 1.165) is 18.3 Å². The molecule has 0 saturated heterocycles. The van der Waals surface area contributed by atoms with Crippen LogP contribution in [0.2, 0.25) is 0 Å². The van der Waals surface area contributed by atoms with E-state index in [1.165, 1.54) is 11.6 Å². The van der Waals surface area contributed by atoms with Gasteiger partial charge in [0.1, 0.15) is 11.6 Å². The van der Waals surface area contributed by atoms with Gasteiger partial charge >= 0.3 is 0 Å². The van der Waals surface area contributed by atoms with E-state index in [2.05, 4.69) is 24.8 Å². The van der Waals surface area contributed by atoms with Gasteiger partial charge in [-0.05, 0) is 38.5 Å². The van der Waals surface area contributed by atoms with Crippen LogP contribution in [0.1, 0.15) is 31.0 Å². The first-order chi connectivity index (χ1) is 9.54. The number of aryl methyl sites for hydroxylation is 1. The molecule has 2 nitrogen and oxygen atoms in total. The highest BCUT2D eigenvalue weighted by atomic mass is 19.1. The van der Waals surface area contributed by atoms with Crippen molar-refractivity contribution in [1.82, 2.24) is 0 Å². The van der Waals surface area contributed by atoms with Crippen LogP contribution in [0, 0.1) is 12.7 Å². The highest BCUT2D eigenvalue weighted by molar-refractivity contribution is 5.54. The molecule has 0 aliphatic heterocycles. The van der Waals surface area contributed by atoms with Crippen LogP contribution in [0.25, 0.3) is 0 Å². The molecule has 0 fully saturated rings. The van der Waals surface area contributed by atoms with Crippen molar-refractivity contribution in [3.8, 4) is 5.75 Å². The van der Waals surface area contributed by atoms with Crippen LogP contribution >= 0.6 is 0 Å². The van der Waals surface area contributed by atoms with E-state index in [0.29, 0.717) is 5.56 Å². The normalized spacial score (nSPS) is 12.2. The number of benzene rings is 2. The van der Waals surface area contributed by atoms with Crippen molar-refractivity contribution in [1.29, 1.82) is 0 Å². The molecule has 0 heterocycles. The van der Waals surface area contributed by atoms with Crippen LogP contribution in [0.5, 0.6) is 5.75 Å². The number of anilines is 1. The SMILES string of the molecule is CCN(c1ccccc1C)C(C)c1ccc(O)cc1F. The van der Waals surface area contributed by atoms with E-state index < -0.39 is 0 Å². The Morgan fingerprint density at radius 2 is 1.90 bits per heavy atom. The van der Waals surface area contributed by atoms with Gasteiger partial charge in [-0.1, -0.05) is 24.3 Å². The summed E-state index contributed by atoms with van der Waals surface area (Å²) in [6, 6.07) is 12.3. The Balaban J connectivity index is 2.39. The molecule has 0 spiro atoms. The summed E-state index contributed by atoms with van der Waals surface area (Å²) in [6.07, 6.45) is 0. The van der Waals surface area contributed by atoms with Crippen molar-refractivity contribution in [2.75, 3.05) is 11.4 Å². The molecule has 2 rings (SSSR count). The number of hydrogen-bond acceptors (Lipinski definition) is 2. The summed E-state index contributed by atoms with van der Waals surface area (Å²) in [5.74, 6) is -0.415. The number of hydrogen-bond donors (Lipinski definition) is 1. The van der Waals surface area contributed by atoms with E-state index in [9.17, 15) is 9.50 Å². The van der Waals surface area contributed by atoms with Crippen molar-refractivity contribution >= 4 is 5.69 Å². The molecule has 0 aliphatic rings. The molecule has 3 heteroatoms. The number of phenols is 1. The first-order valence-corrected chi connectivity index (χ1v) is 6.85. The minimum atomic E-state index is -0.371. The Kier molecular flexibility index (Phi) is 4.28. The summed E-state index contributed by atoms with van der Waals surface area (Å²) < 4.78 is 14.0. The van der Waals surface area contributed by atoms with Gasteiger partial charge < -0.3 is 10.0 Å². The number of rotatable bonds is 4. The third kappa shape index (κ3) is 2.77. The van der Waals surface area contributed by atoms with Gasteiger partial charge in [0.05, 0.1) is 6.04 Å². The van der Waals surface area contributed by atoms with Crippen molar-refractivity contribution in [2.24, 2.45) is 0 Å². The second-order valence-corrected chi connectivity index (χ2v) is 4.95. The molecule has 0 radical (unpaired) electrons. The summed E-state index contributed by atoms with van der Waals surface area (Å²) in [5.41, 5.74) is 2.86. The van der Waals surface area contributed by atoms with Gasteiger partial charge in [-0.2, -0.15) is 0 Å². The topological polar surface area (TPSA) is 23.5 Å². The first kappa shape index (κ1) is 14.4. The minimum absolute atomic E-state index is 0.0441. The lowest BCUT2D eigenvalue weighted by Crippen LogP contribution is -2.27. The van der Waals surface area contributed by atoms with Crippen molar-refractivity contribution in [3.05, 3.63) is 59.4 Å². The smallest absolute Gasteiger partial charge is 0.132 e. The minimum Gasteiger partial charge on any atom is -0.508 e. The summed E-state index contributed by atoms with van der Waals surface area (Å²) >= 11 is 0. The number of nitrogens with zero attached hydrogens (tertiary/aromatic N) is 1. The Morgan fingerprint density at radius 3 is 2.50 bits per heavy atom. The molecule has 2 aromatic rings. The van der Waals surface area contributed by atoms with Crippen LogP contribution < -0.4 is 4.90 Å². The van der Waals surface area contributed by atoms with Crippen LogP contribution in [0.4, 0.5) is 10.1 Å². The van der Waals surface area contributed by atoms with Crippen LogP contribution in [0.15, 0.2) is 42.5 Å². The van der Waals surface area contributed by atoms with Crippen LogP contribution in [-0.2, 0) is 0 Å². The van der Waals surface area contributed by atoms with E-state index >= 15 is 0 Å². The van der Waals surface area contributed by atoms with E-state index in [-0.39, 0.29) is 17.6 Å². The molecule has 0 aromatic heterocycles. The lowest BCUT2D eigenvalue weighted by Gasteiger charge is -2.32. The maximum absolute atomic E-state index is 14.0. The summed E-state index contributed by atoms with van der Waals surface area (Å²) in [6.45, 7) is 6.87. The highest BCUT2D eigenvalue weighted by Gasteiger charge is 2.19. The van der Waals surface area contributed by atoms with Crippen molar-refractivity contribution in [2.45, 2.75) is 26.8 Å².